The number of nitrogens with one attached hydrogen (secondary N) is 3. The highest BCUT2D eigenvalue weighted by atomic mass is 16.6. The molecule has 8 aromatic rings. The number of aromatic nitrogens is 14. The van der Waals surface area contributed by atoms with Gasteiger partial charge in [-0.2, -0.15) is 10.2 Å². The van der Waals surface area contributed by atoms with Crippen molar-refractivity contribution in [2.24, 2.45) is 14.0 Å². The van der Waals surface area contributed by atoms with E-state index in [-0.39, 0.29) is 46.8 Å². The number of anilines is 4. The Labute approximate surface area is 475 Å². The molecule has 0 unspecified atom stereocenters. The number of amides is 1. The Morgan fingerprint density at radius 3 is 1.71 bits per heavy atom. The molecule has 0 saturated heterocycles. The van der Waals surface area contributed by atoms with Crippen LogP contribution in [0.5, 0.6) is 0 Å². The summed E-state index contributed by atoms with van der Waals surface area (Å²) in [6.07, 6.45) is 14.8. The van der Waals surface area contributed by atoms with Crippen LogP contribution in [-0.4, -0.2) is 111 Å². The zero-order chi connectivity index (χ0) is 62.3. The van der Waals surface area contributed by atoms with E-state index in [1.807, 2.05) is 99.8 Å². The van der Waals surface area contributed by atoms with Gasteiger partial charge in [0.15, 0.2) is 11.6 Å². The minimum Gasteiger partial charge on any atom is -0.444 e. The molecule has 0 bridgehead atoms. The molecule has 0 saturated carbocycles. The summed E-state index contributed by atoms with van der Waals surface area (Å²) in [5.74, 6) is 0.634. The third-order valence-corrected chi connectivity index (χ3v) is 13.4. The molecule has 1 amide bonds. The van der Waals surface area contributed by atoms with Crippen molar-refractivity contribution in [1.82, 2.24) is 79.7 Å². The van der Waals surface area contributed by atoms with Crippen molar-refractivity contribution < 1.29 is 27.3 Å². The standard InChI is InChI=1S/C31H39N9O3.C26H31N9O.CH4/c1-30(2,3)40-19-26(36-37-40)27(41)15-20-11-13-39(29(42)43-31(4,5)6)17-22-14-21(8-9-24(20)22)25-10-12-32-28(35-25)34-23-16-33-38(7)18-23;1-26(2,3)35-16-23(32-33-35)24(36)12-17-7-9-27-13-19-11-18(5-6-21(17)19)22-8-10-28-25(31-22)30-20-14-29-34(4)15-20;/h8-10,12,14,16,18-20H,11,13,15,17H2,1-7H3,(H,32,34,35);5-6,8,10-11,14-17,27H,7,9,12-13H2,1-4H3,(H,28,30,31);1H4/t20-;17-;/m00./s1/i7D3;;1D3. The minimum atomic E-state index is -2.40. The third kappa shape index (κ3) is 14.4. The van der Waals surface area contributed by atoms with Gasteiger partial charge >= 0.3 is 6.09 Å². The van der Waals surface area contributed by atoms with Crippen LogP contribution in [0.1, 0.15) is 159 Å². The average molecular weight is 1090 g/mol. The second-order valence-electron chi connectivity index (χ2n) is 22.9. The fourth-order valence-electron chi connectivity index (χ4n) is 9.32. The number of aryl methyl sites for hydroxylation is 2. The molecule has 22 nitrogen and oxygen atoms in total. The molecule has 0 spiro atoms. The number of Topliss-reactive ketones (excluding diaryl/α,β-unsaturated/α-hetero) is 2. The molecule has 420 valence electrons. The van der Waals surface area contributed by atoms with Crippen LogP contribution in [0.15, 0.2) is 98.1 Å². The van der Waals surface area contributed by atoms with Crippen LogP contribution in [0.2, 0.25) is 0 Å². The van der Waals surface area contributed by atoms with Crippen LogP contribution in [0, 0.1) is 0 Å². The smallest absolute Gasteiger partial charge is 0.410 e. The first-order valence-electron chi connectivity index (χ1n) is 29.6. The second-order valence-corrected chi connectivity index (χ2v) is 22.9. The fourth-order valence-corrected chi connectivity index (χ4v) is 9.32. The second kappa shape index (κ2) is 23.8. The summed E-state index contributed by atoms with van der Waals surface area (Å²) in [4.78, 5) is 59.3. The van der Waals surface area contributed by atoms with Crippen LogP contribution in [0.4, 0.5) is 28.1 Å². The maximum Gasteiger partial charge on any atom is 0.410 e. The first-order chi connectivity index (χ1) is 40.4. The lowest BCUT2D eigenvalue weighted by atomic mass is 9.87. The Kier molecular flexibility index (Phi) is 14.8. The molecule has 2 aliphatic rings. The lowest BCUT2D eigenvalue weighted by Crippen LogP contribution is -2.36. The number of hydrogen-bond donors (Lipinski definition) is 3. The van der Waals surface area contributed by atoms with Gasteiger partial charge in [-0.25, -0.2) is 34.1 Å². The SMILES string of the molecule is Cn1cc(Nc2nccc(-c3ccc4c(c3)CNCC[C@H]4CC(=O)c3cn(C(C)(C)C)nn3)n2)cn1.[2H]C([2H])([2H])n1cc(Nc2nccc(-c3ccc4c(c3)CN(C(=O)OC(C)(C)C)CC[C@H]4CC(=O)c3cn(C(C)(C)C)nn3)n2)cn1.[2H]C([2H])[2H]. The molecule has 0 fully saturated rings. The molecule has 8 heterocycles. The van der Waals surface area contributed by atoms with Gasteiger partial charge in [0.1, 0.15) is 17.0 Å². The number of fused-ring (bicyclic) bond motifs is 2. The van der Waals surface area contributed by atoms with E-state index in [9.17, 15) is 14.4 Å². The summed E-state index contributed by atoms with van der Waals surface area (Å²) in [5, 5.41) is 34.3. The zero-order valence-electron chi connectivity index (χ0n) is 53.0. The molecule has 80 heavy (non-hydrogen) atoms. The van der Waals surface area contributed by atoms with E-state index >= 15 is 0 Å². The van der Waals surface area contributed by atoms with Crippen molar-refractivity contribution in [1.29, 1.82) is 0 Å². The van der Waals surface area contributed by atoms with Gasteiger partial charge in [0.05, 0.1) is 58.6 Å². The number of ether oxygens (including phenoxy) is 1. The highest BCUT2D eigenvalue weighted by Gasteiger charge is 2.31. The molecule has 2 aromatic carbocycles. The van der Waals surface area contributed by atoms with Crippen molar-refractivity contribution in [3.63, 3.8) is 0 Å². The number of carbonyl (C=O) groups is 3. The summed E-state index contributed by atoms with van der Waals surface area (Å²) in [5.41, 5.74) is 8.28. The number of nitrogens with zero attached hydrogens (tertiary/aromatic N) is 15. The van der Waals surface area contributed by atoms with Gasteiger partial charge in [-0.05, 0) is 140 Å². The van der Waals surface area contributed by atoms with Crippen molar-refractivity contribution >= 4 is 40.9 Å². The van der Waals surface area contributed by atoms with Gasteiger partial charge in [-0.3, -0.25) is 19.0 Å². The van der Waals surface area contributed by atoms with Gasteiger partial charge in [0.25, 0.3) is 0 Å². The molecule has 0 aliphatic carbocycles. The van der Waals surface area contributed by atoms with Crippen LogP contribution < -0.4 is 16.0 Å². The Morgan fingerprint density at radius 2 is 1.23 bits per heavy atom. The Balaban J connectivity index is 0.000000216. The average Bonchev–Trinajstić information content (AvgIpc) is 2.71. The van der Waals surface area contributed by atoms with E-state index in [1.165, 1.54) is 23.5 Å². The zero-order valence-corrected chi connectivity index (χ0v) is 47.0. The maximum absolute atomic E-state index is 13.4. The van der Waals surface area contributed by atoms with Gasteiger partial charge in [-0.15, -0.1) is 10.2 Å². The topological polar surface area (TPSA) is 248 Å². The van der Waals surface area contributed by atoms with Gasteiger partial charge in [-0.1, -0.05) is 42.0 Å². The molecular formula is C58H74N18O4. The van der Waals surface area contributed by atoms with Crippen LogP contribution in [0.25, 0.3) is 22.5 Å². The monoisotopic (exact) mass is 1090 g/mol. The van der Waals surface area contributed by atoms with Crippen molar-refractivity contribution in [3.05, 3.63) is 132 Å². The summed E-state index contributed by atoms with van der Waals surface area (Å²) < 4.78 is 52.1. The normalized spacial score (nSPS) is 16.7. The first-order valence-corrected chi connectivity index (χ1v) is 26.3. The molecule has 2 aliphatic heterocycles. The highest BCUT2D eigenvalue weighted by Crippen LogP contribution is 2.36. The van der Waals surface area contributed by atoms with Gasteiger partial charge < -0.3 is 25.6 Å². The summed E-state index contributed by atoms with van der Waals surface area (Å²) in [7, 11) is 0.447. The van der Waals surface area contributed by atoms with E-state index in [2.05, 4.69) is 79.9 Å². The van der Waals surface area contributed by atoms with E-state index < -0.39 is 26.0 Å². The lowest BCUT2D eigenvalue weighted by Gasteiger charge is -2.26. The number of benzene rings is 2. The summed E-state index contributed by atoms with van der Waals surface area (Å²) in [6.45, 7) is 17.5. The molecular weight excluding hydrogens is 1010 g/mol. The molecule has 22 heteroatoms. The van der Waals surface area contributed by atoms with E-state index in [0.717, 1.165) is 57.8 Å². The van der Waals surface area contributed by atoms with Crippen molar-refractivity contribution in [2.75, 3.05) is 23.7 Å². The first kappa shape index (κ1) is 49.7. The van der Waals surface area contributed by atoms with E-state index in [0.29, 0.717) is 54.6 Å². The lowest BCUT2D eigenvalue weighted by molar-refractivity contribution is 0.0234. The van der Waals surface area contributed by atoms with Crippen molar-refractivity contribution in [2.45, 2.75) is 137 Å². The van der Waals surface area contributed by atoms with Crippen LogP contribution >= 0.6 is 0 Å². The number of carbonyl (C=O) groups excluding carboxylic acids is 3. The number of hydrogen-bond acceptors (Lipinski definition) is 17. The Bertz CT molecular complexity index is 3650. The van der Waals surface area contributed by atoms with Crippen LogP contribution in [0.3, 0.4) is 0 Å². The van der Waals surface area contributed by atoms with Gasteiger partial charge in [0, 0.05) is 90.6 Å². The largest absolute Gasteiger partial charge is 0.444 e. The number of ketones is 2. The molecule has 6 aromatic heterocycles. The predicted octanol–water partition coefficient (Wildman–Crippen LogP) is 9.92. The molecule has 10 rings (SSSR count). The van der Waals surface area contributed by atoms with Crippen LogP contribution in [-0.2, 0) is 42.9 Å². The summed E-state index contributed by atoms with van der Waals surface area (Å²) >= 11 is 0. The van der Waals surface area contributed by atoms with E-state index in [4.69, 9.17) is 17.9 Å². The molecule has 3 N–H and O–H groups in total. The third-order valence-electron chi connectivity index (χ3n) is 13.4. The Morgan fingerprint density at radius 1 is 0.713 bits per heavy atom. The van der Waals surface area contributed by atoms with Gasteiger partial charge in [0.2, 0.25) is 11.9 Å². The maximum atomic E-state index is 13.4. The van der Waals surface area contributed by atoms with E-state index in [1.54, 1.807) is 56.0 Å². The number of rotatable bonds is 12. The molecule has 0 radical (unpaired) electrons. The Hall–Kier alpha value is -8.53. The predicted molar refractivity (Wildman–Crippen MR) is 306 cm³/mol. The fraction of sp³-hybridized carbons (Fsp3) is 0.431. The minimum absolute atomic E-state index is 0.0225. The highest BCUT2D eigenvalue weighted by molar-refractivity contribution is 5.95. The quantitative estimate of drug-likeness (QED) is 0.0963. The molecule has 2 atom stereocenters. The summed E-state index contributed by atoms with van der Waals surface area (Å²) in [6, 6.07) is 15.9. The van der Waals surface area contributed by atoms with Crippen molar-refractivity contribution in [3.8, 4) is 22.5 Å².